The van der Waals surface area contributed by atoms with Gasteiger partial charge in [-0.05, 0) is 0 Å². The van der Waals surface area contributed by atoms with Gasteiger partial charge in [0, 0.05) is 0 Å². The molecule has 0 aliphatic carbocycles. The maximum Gasteiger partial charge on any atom is 2.00 e. The van der Waals surface area contributed by atoms with Crippen LogP contribution in [-0.4, -0.2) is 0 Å². The summed E-state index contributed by atoms with van der Waals surface area (Å²) in [6.45, 7) is 7.99. The van der Waals surface area contributed by atoms with Gasteiger partial charge in [0.25, 0.3) is 0 Å². The Hall–Kier alpha value is -1.04. The number of hydrogen-bond acceptors (Lipinski definition) is 0. The molecule has 0 fully saturated rings. The largest absolute Gasteiger partial charge is 2.00 e. The Morgan fingerprint density at radius 3 is 2.07 bits per heavy atom. The molecule has 0 nitrogen and oxygen atoms in total. The molecule has 2 aromatic rings. The van der Waals surface area contributed by atoms with Crippen molar-refractivity contribution in [3.8, 4) is 0 Å². The van der Waals surface area contributed by atoms with E-state index in [1.165, 1.54) is 11.1 Å². The summed E-state index contributed by atoms with van der Waals surface area (Å²) in [6, 6.07) is 16.3. The zero-order valence-corrected chi connectivity index (χ0v) is 10.3. The smallest absolute Gasteiger partial charge is 0.214 e. The van der Waals surface area contributed by atoms with Crippen molar-refractivity contribution in [1.29, 1.82) is 0 Å². The van der Waals surface area contributed by atoms with Crippen LogP contribution in [-0.2, 0) is 17.1 Å². The Morgan fingerprint density at radius 2 is 1.87 bits per heavy atom. The van der Waals surface area contributed by atoms with Crippen LogP contribution < -0.4 is 0 Å². The first-order valence-electron chi connectivity index (χ1n) is 4.76. The summed E-state index contributed by atoms with van der Waals surface area (Å²) in [5.41, 5.74) is 3.76. The van der Waals surface area contributed by atoms with Gasteiger partial charge in [-0.2, -0.15) is 42.0 Å². The van der Waals surface area contributed by atoms with Crippen LogP contribution in [0.3, 0.4) is 0 Å². The third-order valence-electron chi connectivity index (χ3n) is 2.05. The van der Waals surface area contributed by atoms with Crippen molar-refractivity contribution < 1.29 is 17.1 Å². The first-order chi connectivity index (χ1) is 6.72. The van der Waals surface area contributed by atoms with Crippen LogP contribution in [0.4, 0.5) is 0 Å². The molecule has 0 amide bonds. The van der Waals surface area contributed by atoms with E-state index in [0.717, 1.165) is 5.57 Å². The Balaban J connectivity index is 0.000000280. The second-order valence-electron chi connectivity index (χ2n) is 3.37. The molecule has 15 heavy (non-hydrogen) atoms. The standard InChI is InChI=1S/C9H11.C5H5.Fe/c1-7(2)9-6-4-5-8(9)3;1-2-4-5-3-1;/h4-6H,1H2,2-3H3;1-5H;/q2*-1;+2. The summed E-state index contributed by atoms with van der Waals surface area (Å²) >= 11 is 0. The van der Waals surface area contributed by atoms with Gasteiger partial charge in [-0.3, -0.25) is 0 Å². The third kappa shape index (κ3) is 4.83. The van der Waals surface area contributed by atoms with Gasteiger partial charge < -0.3 is 0 Å². The van der Waals surface area contributed by atoms with Gasteiger partial charge >= 0.3 is 17.1 Å². The van der Waals surface area contributed by atoms with Gasteiger partial charge in [-0.1, -0.05) is 13.8 Å². The minimum absolute atomic E-state index is 0. The Morgan fingerprint density at radius 1 is 1.27 bits per heavy atom. The van der Waals surface area contributed by atoms with Crippen LogP contribution in [0.15, 0.2) is 55.1 Å². The van der Waals surface area contributed by atoms with Crippen molar-refractivity contribution in [3.05, 3.63) is 66.2 Å². The number of allylic oxidation sites excluding steroid dienone is 1. The number of hydrogen-bond donors (Lipinski definition) is 0. The van der Waals surface area contributed by atoms with E-state index in [0.29, 0.717) is 0 Å². The molecule has 0 aliphatic heterocycles. The van der Waals surface area contributed by atoms with Crippen molar-refractivity contribution in [2.24, 2.45) is 0 Å². The second kappa shape index (κ2) is 7.28. The zero-order chi connectivity index (χ0) is 10.4. The first-order valence-corrected chi connectivity index (χ1v) is 4.76. The molecular weight excluding hydrogens is 224 g/mol. The minimum atomic E-state index is 0. The van der Waals surface area contributed by atoms with E-state index in [1.807, 2.05) is 37.3 Å². The van der Waals surface area contributed by atoms with Gasteiger partial charge in [-0.25, -0.2) is 12.1 Å². The van der Waals surface area contributed by atoms with Gasteiger partial charge in [-0.15, -0.1) is 17.7 Å². The molecule has 0 unspecified atom stereocenters. The fourth-order valence-corrected chi connectivity index (χ4v) is 1.31. The molecule has 0 saturated carbocycles. The summed E-state index contributed by atoms with van der Waals surface area (Å²) in [5.74, 6) is 0. The van der Waals surface area contributed by atoms with Crippen LogP contribution in [0.5, 0.6) is 0 Å². The molecule has 0 aromatic heterocycles. The van der Waals surface area contributed by atoms with Crippen molar-refractivity contribution in [3.63, 3.8) is 0 Å². The summed E-state index contributed by atoms with van der Waals surface area (Å²) in [6.07, 6.45) is 0. The molecule has 2 aromatic carbocycles. The Labute approximate surface area is 103 Å². The summed E-state index contributed by atoms with van der Waals surface area (Å²) < 4.78 is 0. The van der Waals surface area contributed by atoms with E-state index < -0.39 is 0 Å². The van der Waals surface area contributed by atoms with Crippen molar-refractivity contribution in [2.75, 3.05) is 0 Å². The molecule has 0 heterocycles. The van der Waals surface area contributed by atoms with Crippen molar-refractivity contribution >= 4 is 5.57 Å². The Bertz CT molecular complexity index is 348. The van der Waals surface area contributed by atoms with E-state index in [9.17, 15) is 0 Å². The average molecular weight is 240 g/mol. The molecule has 80 valence electrons. The zero-order valence-electron chi connectivity index (χ0n) is 9.18. The van der Waals surface area contributed by atoms with E-state index in [1.54, 1.807) is 0 Å². The molecule has 1 heteroatoms. The van der Waals surface area contributed by atoms with E-state index in [4.69, 9.17) is 0 Å². The third-order valence-corrected chi connectivity index (χ3v) is 2.05. The van der Waals surface area contributed by atoms with Crippen LogP contribution >= 0.6 is 0 Å². The average Bonchev–Trinajstić information content (AvgIpc) is 2.74. The molecule has 0 bridgehead atoms. The normalized spacial score (nSPS) is 8.40. The van der Waals surface area contributed by atoms with E-state index >= 15 is 0 Å². The molecular formula is C14H16Fe. The molecule has 0 atom stereocenters. The molecule has 0 spiro atoms. The quantitative estimate of drug-likeness (QED) is 0.518. The maximum atomic E-state index is 3.86. The van der Waals surface area contributed by atoms with E-state index in [-0.39, 0.29) is 17.1 Å². The second-order valence-corrected chi connectivity index (χ2v) is 3.37. The van der Waals surface area contributed by atoms with Crippen LogP contribution in [0, 0.1) is 6.92 Å². The summed E-state index contributed by atoms with van der Waals surface area (Å²) in [4.78, 5) is 0. The van der Waals surface area contributed by atoms with Gasteiger partial charge in [0.05, 0.1) is 0 Å². The minimum Gasteiger partial charge on any atom is -0.214 e. The van der Waals surface area contributed by atoms with Crippen LogP contribution in [0.2, 0.25) is 0 Å². The van der Waals surface area contributed by atoms with Crippen molar-refractivity contribution in [2.45, 2.75) is 13.8 Å². The van der Waals surface area contributed by atoms with Gasteiger partial charge in [0.1, 0.15) is 0 Å². The SMILES string of the molecule is C=C(C)c1ccc[c-]1C.[Fe+2].c1cc[cH-]c1. The summed E-state index contributed by atoms with van der Waals surface area (Å²) in [7, 11) is 0. The maximum absolute atomic E-state index is 3.86. The fraction of sp³-hybridized carbons (Fsp3) is 0.143. The molecule has 2 rings (SSSR count). The molecule has 0 aliphatic rings. The molecule has 0 saturated heterocycles. The van der Waals surface area contributed by atoms with Crippen LogP contribution in [0.25, 0.3) is 5.57 Å². The van der Waals surface area contributed by atoms with Gasteiger partial charge in [0.15, 0.2) is 0 Å². The van der Waals surface area contributed by atoms with Gasteiger partial charge in [0.2, 0.25) is 0 Å². The van der Waals surface area contributed by atoms with Crippen molar-refractivity contribution in [1.82, 2.24) is 0 Å². The number of aryl methyl sites for hydroxylation is 1. The van der Waals surface area contributed by atoms with E-state index in [2.05, 4.69) is 31.7 Å². The monoisotopic (exact) mass is 240 g/mol. The molecule has 0 radical (unpaired) electrons. The van der Waals surface area contributed by atoms with Crippen LogP contribution in [0.1, 0.15) is 18.1 Å². The predicted octanol–water partition coefficient (Wildman–Crippen LogP) is 4.15. The summed E-state index contributed by atoms with van der Waals surface area (Å²) in [5, 5.41) is 0. The molecule has 0 N–H and O–H groups in total. The number of rotatable bonds is 1. The topological polar surface area (TPSA) is 0 Å². The first kappa shape index (κ1) is 14.0. The fourth-order valence-electron chi connectivity index (χ4n) is 1.31. The Kier molecular flexibility index (Phi) is 6.77. The predicted molar refractivity (Wildman–Crippen MR) is 63.5 cm³/mol.